The second kappa shape index (κ2) is 22.2. The molecule has 0 spiro atoms. The highest BCUT2D eigenvalue weighted by Gasteiger charge is 2.70. The smallest absolute Gasteiger partial charge is 0.315 e. The van der Waals surface area contributed by atoms with Crippen molar-refractivity contribution in [2.45, 2.75) is 227 Å². The molecule has 0 aromatic rings. The first kappa shape index (κ1) is 60.2. The van der Waals surface area contributed by atoms with Gasteiger partial charge in [-0.25, -0.2) is 0 Å². The zero-order chi connectivity index (χ0) is 57.1. The Morgan fingerprint density at radius 2 is 1.34 bits per heavy atom. The van der Waals surface area contributed by atoms with E-state index >= 15 is 4.79 Å². The van der Waals surface area contributed by atoms with E-state index in [1.165, 1.54) is 5.57 Å². The maximum absolute atomic E-state index is 15.0. The first-order chi connectivity index (χ1) is 37.2. The van der Waals surface area contributed by atoms with Gasteiger partial charge in [0.25, 0.3) is 0 Å². The number of carbonyl (C=O) groups is 1. The summed E-state index contributed by atoms with van der Waals surface area (Å²) in [6, 6.07) is 0. The van der Waals surface area contributed by atoms with Crippen LogP contribution in [0.4, 0.5) is 0 Å². The summed E-state index contributed by atoms with van der Waals surface area (Å²) in [6.45, 7) is 13.2. The quantitative estimate of drug-likeness (QED) is 0.0564. The van der Waals surface area contributed by atoms with E-state index in [-0.39, 0.29) is 59.9 Å². The van der Waals surface area contributed by atoms with Crippen LogP contribution in [-0.4, -0.2) is 241 Å². The molecule has 10 aliphatic rings. The topological polar surface area (TPSA) is 372 Å². The van der Waals surface area contributed by atoms with Crippen LogP contribution in [0.25, 0.3) is 0 Å². The number of hydrogen-bond acceptors (Lipinski definition) is 24. The molecular formula is C55H86O24. The summed E-state index contributed by atoms with van der Waals surface area (Å²) in [6.07, 6.45) is -20.3. The second-order valence-electron chi connectivity index (χ2n) is 26.0. The molecule has 5 heterocycles. The molecule has 10 rings (SSSR count). The third-order valence-corrected chi connectivity index (χ3v) is 21.5. The number of carbonyl (C=O) groups excluding carboxylic acids is 1. The van der Waals surface area contributed by atoms with E-state index in [1.807, 2.05) is 0 Å². The van der Waals surface area contributed by atoms with E-state index < -0.39 is 159 Å². The Morgan fingerprint density at radius 3 is 2.05 bits per heavy atom. The zero-order valence-electron chi connectivity index (χ0n) is 45.7. The van der Waals surface area contributed by atoms with E-state index in [1.54, 1.807) is 0 Å². The highest BCUT2D eigenvalue weighted by Crippen LogP contribution is 2.75. The lowest BCUT2D eigenvalue weighted by Crippen LogP contribution is -2.66. The van der Waals surface area contributed by atoms with Gasteiger partial charge in [0, 0.05) is 5.92 Å². The van der Waals surface area contributed by atoms with Crippen molar-refractivity contribution < 1.29 is 119 Å². The third-order valence-electron chi connectivity index (χ3n) is 21.5. The number of ether oxygens (including phenoxy) is 10. The molecule has 0 aromatic carbocycles. The normalized spacial score (nSPS) is 53.7. The van der Waals surface area contributed by atoms with Gasteiger partial charge in [0.15, 0.2) is 25.2 Å². The Kier molecular flexibility index (Phi) is 16.9. The number of aliphatic hydroxyl groups is 13. The maximum atomic E-state index is 15.0. The SMILES string of the molecule is C=C1CC[C@]2(C(=O)O[C@@H]3O[C@H](CO[C@H]4OC[C@H](O[C@@H]5OC[C@](O)(CO)[C@H]5O)[C@H](O)[C@H]4O)[C@@H](O)[C@H](O)[C@H]3O)CC[C@]3(C)C(=CC[C@@H]4[C@@]5(C)CC[C@H](O[C@@H]6OC[C@H](O)[C@H](O[C@@H]7OC[C@H](O)[C@H](O)[C@H]7O)[C@H]6O)C(C)(C)[C@@H]5CC[C@]43C)[C@@H]2C1. The van der Waals surface area contributed by atoms with Crippen molar-refractivity contribution in [2.24, 2.45) is 44.8 Å². The van der Waals surface area contributed by atoms with Crippen LogP contribution in [0.5, 0.6) is 0 Å². The molecule has 9 fully saturated rings. The van der Waals surface area contributed by atoms with Crippen molar-refractivity contribution in [1.29, 1.82) is 0 Å². The fourth-order valence-corrected chi connectivity index (χ4v) is 16.4. The average Bonchev–Trinajstić information content (AvgIpc) is 2.50. The largest absolute Gasteiger partial charge is 0.432 e. The maximum Gasteiger partial charge on any atom is 0.315 e. The molecule has 0 aromatic heterocycles. The van der Waals surface area contributed by atoms with E-state index in [9.17, 15) is 66.4 Å². The van der Waals surface area contributed by atoms with Crippen molar-refractivity contribution >= 4 is 5.97 Å². The van der Waals surface area contributed by atoms with Crippen molar-refractivity contribution in [3.63, 3.8) is 0 Å². The van der Waals surface area contributed by atoms with Crippen LogP contribution in [0.3, 0.4) is 0 Å². The Hall–Kier alpha value is -1.93. The minimum atomic E-state index is -1.99. The molecule has 24 heteroatoms. The number of allylic oxidation sites excluding steroid dienone is 3. The van der Waals surface area contributed by atoms with Crippen LogP contribution in [0.2, 0.25) is 0 Å². The molecule has 450 valence electrons. The Morgan fingerprint density at radius 1 is 0.671 bits per heavy atom. The highest BCUT2D eigenvalue weighted by molar-refractivity contribution is 5.79. The van der Waals surface area contributed by atoms with Crippen LogP contribution >= 0.6 is 0 Å². The summed E-state index contributed by atoms with van der Waals surface area (Å²) in [4.78, 5) is 15.0. The number of aliphatic hydroxyl groups excluding tert-OH is 12. The van der Waals surface area contributed by atoms with Crippen LogP contribution < -0.4 is 0 Å². The lowest BCUT2D eigenvalue weighted by Gasteiger charge is -2.71. The van der Waals surface area contributed by atoms with Crippen LogP contribution in [-0.2, 0) is 52.2 Å². The van der Waals surface area contributed by atoms with Gasteiger partial charge in [0.2, 0.25) is 6.29 Å². The van der Waals surface area contributed by atoms with Gasteiger partial charge in [-0.05, 0) is 97.7 Å². The summed E-state index contributed by atoms with van der Waals surface area (Å²) in [5, 5.41) is 138. The summed E-state index contributed by atoms with van der Waals surface area (Å²) in [5.41, 5.74) is -1.91. The van der Waals surface area contributed by atoms with E-state index in [4.69, 9.17) is 47.4 Å². The van der Waals surface area contributed by atoms with Gasteiger partial charge >= 0.3 is 5.97 Å². The third kappa shape index (κ3) is 10.0. The first-order valence-corrected chi connectivity index (χ1v) is 28.3. The van der Waals surface area contributed by atoms with Gasteiger partial charge in [0.05, 0.1) is 51.2 Å². The molecule has 0 amide bonds. The molecule has 0 unspecified atom stereocenters. The van der Waals surface area contributed by atoms with Gasteiger partial charge in [-0.3, -0.25) is 4.79 Å². The van der Waals surface area contributed by atoms with Crippen molar-refractivity contribution in [3.05, 3.63) is 23.8 Å². The highest BCUT2D eigenvalue weighted by atomic mass is 16.8. The monoisotopic (exact) mass is 1130 g/mol. The summed E-state index contributed by atoms with van der Waals surface area (Å²) >= 11 is 0. The first-order valence-electron chi connectivity index (χ1n) is 28.3. The van der Waals surface area contributed by atoms with Gasteiger partial charge in [-0.2, -0.15) is 0 Å². The molecule has 79 heavy (non-hydrogen) atoms. The number of rotatable bonds is 12. The average molecular weight is 1130 g/mol. The van der Waals surface area contributed by atoms with Crippen molar-refractivity contribution in [2.75, 3.05) is 39.6 Å². The van der Waals surface area contributed by atoms with Crippen LogP contribution in [0.15, 0.2) is 23.8 Å². The van der Waals surface area contributed by atoms with E-state index in [0.717, 1.165) is 31.3 Å². The molecule has 0 bridgehead atoms. The summed E-state index contributed by atoms with van der Waals surface area (Å²) in [5.74, 6) is -0.457. The minimum Gasteiger partial charge on any atom is -0.432 e. The predicted molar refractivity (Wildman–Crippen MR) is 267 cm³/mol. The Balaban J connectivity index is 0.798. The summed E-state index contributed by atoms with van der Waals surface area (Å²) in [7, 11) is 0. The molecule has 24 nitrogen and oxygen atoms in total. The Bertz CT molecular complexity index is 2240. The minimum absolute atomic E-state index is 0.150. The molecule has 4 saturated carbocycles. The van der Waals surface area contributed by atoms with Crippen molar-refractivity contribution in [3.8, 4) is 0 Å². The molecular weight excluding hydrogens is 1040 g/mol. The van der Waals surface area contributed by atoms with Crippen LogP contribution in [0, 0.1) is 44.8 Å². The molecule has 5 aliphatic carbocycles. The number of hydrogen-bond donors (Lipinski definition) is 13. The van der Waals surface area contributed by atoms with Crippen molar-refractivity contribution in [1.82, 2.24) is 0 Å². The van der Waals surface area contributed by atoms with Gasteiger partial charge in [-0.15, -0.1) is 0 Å². The van der Waals surface area contributed by atoms with Gasteiger partial charge in [-0.1, -0.05) is 58.4 Å². The number of esters is 1. The lowest BCUT2D eigenvalue weighted by atomic mass is 9.34. The fraction of sp³-hybridized carbons (Fsp3) is 0.909. The number of fused-ring (bicyclic) bond motifs is 7. The van der Waals surface area contributed by atoms with Crippen LogP contribution in [0.1, 0.15) is 98.8 Å². The fourth-order valence-electron chi connectivity index (χ4n) is 16.4. The molecule has 13 N–H and O–H groups in total. The molecule has 0 radical (unpaired) electrons. The van der Waals surface area contributed by atoms with Gasteiger partial charge < -0.3 is 114 Å². The second-order valence-corrected chi connectivity index (χ2v) is 26.0. The predicted octanol–water partition coefficient (Wildman–Crippen LogP) is -2.12. The van der Waals surface area contributed by atoms with E-state index in [0.29, 0.717) is 38.5 Å². The Labute approximate surface area is 459 Å². The molecule has 5 aliphatic heterocycles. The molecule has 28 atom stereocenters. The lowest BCUT2D eigenvalue weighted by molar-refractivity contribution is -0.346. The molecule has 5 saturated heterocycles. The zero-order valence-corrected chi connectivity index (χ0v) is 45.7. The summed E-state index contributed by atoms with van der Waals surface area (Å²) < 4.78 is 58.1. The van der Waals surface area contributed by atoms with E-state index in [2.05, 4.69) is 47.3 Å². The standard InChI is InChI=1S/C55H86O24/c1-24-9-14-54(49(68)79-47-40(65)37(62)35(60)29(75-47)20-72-44-39(64)36(61)30(21-73-44)76-48-43(67)55(69,22-56)23-74-48)16-15-52(5)25(26(54)17-24)7-8-32-51(4)12-11-33(50(2,3)31(51)10-13-53(32,52)6)77-46-41(66)42(28(58)19-71-46)78-45-38(63)34(59)27(57)18-70-45/h7,26-48,56-67,69H,1,8-23H2,2-6H3/t26-,27-,28-,29+,30-,31-,32+,33-,34-,35+,36-,37-,38+,39+,40+,41+,42-,43-,44-,45-,46-,47-,48-,51-,52+,53+,54-,55+/m0/s1. The van der Waals surface area contributed by atoms with Gasteiger partial charge in [0.1, 0.15) is 91.1 Å².